The number of hydrogen-bond donors (Lipinski definition) is 0. The molecule has 2 aromatic rings. The van der Waals surface area contributed by atoms with Gasteiger partial charge in [0.1, 0.15) is 24.0 Å². The van der Waals surface area contributed by atoms with Crippen LogP contribution in [0.3, 0.4) is 0 Å². The van der Waals surface area contributed by atoms with Crippen LogP contribution in [0.1, 0.15) is 18.6 Å². The summed E-state index contributed by atoms with van der Waals surface area (Å²) < 4.78 is 21.3. The molecule has 2 rings (SSSR count). The third-order valence-corrected chi connectivity index (χ3v) is 2.99. The van der Waals surface area contributed by atoms with Crippen LogP contribution >= 0.6 is 15.9 Å². The smallest absolute Gasteiger partial charge is 0.171 e. The summed E-state index contributed by atoms with van der Waals surface area (Å²) in [6.07, 6.45) is 0. The molecule has 0 aliphatic heterocycles. The first-order valence-electron chi connectivity index (χ1n) is 5.57. The molecule has 0 saturated carbocycles. The van der Waals surface area contributed by atoms with Crippen LogP contribution in [0.25, 0.3) is 0 Å². The van der Waals surface area contributed by atoms with Gasteiger partial charge in [0.25, 0.3) is 0 Å². The lowest BCUT2D eigenvalue weighted by molar-refractivity contribution is 0.287. The largest absolute Gasteiger partial charge is 0.485 e. The van der Waals surface area contributed by atoms with Gasteiger partial charge < -0.3 is 9.30 Å². The number of nitrogens with zero attached hydrogens (tertiary/aromatic N) is 3. The lowest BCUT2D eigenvalue weighted by Gasteiger charge is -2.08. The molecule has 1 aromatic heterocycles. The van der Waals surface area contributed by atoms with Crippen molar-refractivity contribution in [3.8, 4) is 5.75 Å². The summed E-state index contributed by atoms with van der Waals surface area (Å²) in [5.41, 5.74) is 0. The summed E-state index contributed by atoms with van der Waals surface area (Å²) in [7, 11) is 0. The second-order valence-electron chi connectivity index (χ2n) is 3.80. The molecule has 0 unspecified atom stereocenters. The Morgan fingerprint density at radius 3 is 2.78 bits per heavy atom. The third-order valence-electron chi connectivity index (χ3n) is 2.53. The molecule has 0 amide bonds. The van der Waals surface area contributed by atoms with Crippen LogP contribution in [-0.4, -0.2) is 14.8 Å². The Morgan fingerprint density at radius 2 is 2.11 bits per heavy atom. The molecular weight excluding hydrogens is 301 g/mol. The van der Waals surface area contributed by atoms with Crippen molar-refractivity contribution in [2.24, 2.45) is 0 Å². The lowest BCUT2D eigenvalue weighted by atomic mass is 10.3. The van der Waals surface area contributed by atoms with Crippen molar-refractivity contribution >= 4 is 15.9 Å². The molecule has 0 fully saturated rings. The van der Waals surface area contributed by atoms with E-state index < -0.39 is 0 Å². The van der Waals surface area contributed by atoms with E-state index in [1.165, 1.54) is 12.1 Å². The van der Waals surface area contributed by atoms with Crippen molar-refractivity contribution in [1.29, 1.82) is 0 Å². The zero-order chi connectivity index (χ0) is 13.1. The molecule has 0 bridgehead atoms. The van der Waals surface area contributed by atoms with E-state index in [9.17, 15) is 4.39 Å². The summed E-state index contributed by atoms with van der Waals surface area (Å²) >= 11 is 3.22. The zero-order valence-electron chi connectivity index (χ0n) is 10.2. The average Bonchev–Trinajstić information content (AvgIpc) is 2.66. The first kappa shape index (κ1) is 13.0. The molecule has 96 valence electrons. The number of benzene rings is 1. The predicted molar refractivity (Wildman–Crippen MR) is 68.9 cm³/mol. The first-order chi connectivity index (χ1) is 8.60. The summed E-state index contributed by atoms with van der Waals surface area (Å²) in [5, 5.41) is 8.01. The highest BCUT2D eigenvalue weighted by atomic mass is 79.9. The van der Waals surface area contributed by atoms with Gasteiger partial charge in [-0.3, -0.25) is 0 Å². The normalized spacial score (nSPS) is 10.7. The summed E-state index contributed by atoms with van der Waals surface area (Å²) in [6, 6.07) is 4.43. The summed E-state index contributed by atoms with van der Waals surface area (Å²) in [5.74, 6) is 1.70. The van der Waals surface area contributed by atoms with Crippen LogP contribution in [0.5, 0.6) is 5.75 Å². The molecular formula is C12H13BrFN3O. The van der Waals surface area contributed by atoms with Crippen LogP contribution in [0.4, 0.5) is 4.39 Å². The predicted octanol–water partition coefficient (Wildman–Crippen LogP) is 3.09. The number of rotatable bonds is 4. The van der Waals surface area contributed by atoms with E-state index in [0.29, 0.717) is 10.2 Å². The van der Waals surface area contributed by atoms with Crippen molar-refractivity contribution in [1.82, 2.24) is 14.8 Å². The Labute approximate surface area is 113 Å². The fourth-order valence-electron chi connectivity index (χ4n) is 1.70. The second kappa shape index (κ2) is 5.48. The number of halogens is 2. The zero-order valence-corrected chi connectivity index (χ0v) is 11.7. The fourth-order valence-corrected chi connectivity index (χ4v) is 2.15. The maximum Gasteiger partial charge on any atom is 0.171 e. The molecule has 0 aliphatic rings. The van der Waals surface area contributed by atoms with E-state index in [1.54, 1.807) is 6.07 Å². The molecule has 18 heavy (non-hydrogen) atoms. The molecule has 0 radical (unpaired) electrons. The summed E-state index contributed by atoms with van der Waals surface area (Å²) in [4.78, 5) is 0. The molecule has 6 heteroatoms. The molecule has 0 N–H and O–H groups in total. The molecule has 1 heterocycles. The lowest BCUT2D eigenvalue weighted by Crippen LogP contribution is -2.07. The van der Waals surface area contributed by atoms with Gasteiger partial charge in [0.2, 0.25) is 0 Å². The van der Waals surface area contributed by atoms with Crippen LogP contribution < -0.4 is 4.74 Å². The van der Waals surface area contributed by atoms with Gasteiger partial charge in [-0.25, -0.2) is 4.39 Å². The van der Waals surface area contributed by atoms with Crippen molar-refractivity contribution in [3.05, 3.63) is 40.1 Å². The van der Waals surface area contributed by atoms with E-state index in [2.05, 4.69) is 26.1 Å². The highest BCUT2D eigenvalue weighted by Gasteiger charge is 2.08. The Bertz CT molecular complexity index is 536. The van der Waals surface area contributed by atoms with Crippen LogP contribution in [0.15, 0.2) is 22.7 Å². The van der Waals surface area contributed by atoms with Crippen molar-refractivity contribution in [3.63, 3.8) is 0 Å². The van der Waals surface area contributed by atoms with E-state index in [-0.39, 0.29) is 12.4 Å². The molecule has 4 nitrogen and oxygen atoms in total. The standard InChI is InChI=1S/C12H13BrFN3O/c1-3-17-8(2)15-16-12(17)7-18-11-5-9(13)4-10(14)6-11/h4-6H,3,7H2,1-2H3. The van der Waals surface area contributed by atoms with E-state index in [1.807, 2.05) is 18.4 Å². The van der Waals surface area contributed by atoms with Gasteiger partial charge >= 0.3 is 0 Å². The summed E-state index contributed by atoms with van der Waals surface area (Å²) in [6.45, 7) is 4.95. The molecule has 0 aliphatic carbocycles. The van der Waals surface area contributed by atoms with Crippen LogP contribution in [-0.2, 0) is 13.2 Å². The van der Waals surface area contributed by atoms with Gasteiger partial charge in [0.15, 0.2) is 5.82 Å². The van der Waals surface area contributed by atoms with E-state index in [4.69, 9.17) is 4.74 Å². The second-order valence-corrected chi connectivity index (χ2v) is 4.72. The van der Waals surface area contributed by atoms with E-state index in [0.717, 1.165) is 18.2 Å². The van der Waals surface area contributed by atoms with Gasteiger partial charge in [0.05, 0.1) is 0 Å². The van der Waals surface area contributed by atoms with Crippen LogP contribution in [0.2, 0.25) is 0 Å². The van der Waals surface area contributed by atoms with Crippen molar-refractivity contribution in [2.45, 2.75) is 27.0 Å². The molecule has 1 aromatic carbocycles. The topological polar surface area (TPSA) is 39.9 Å². The van der Waals surface area contributed by atoms with Crippen molar-refractivity contribution in [2.75, 3.05) is 0 Å². The number of aromatic nitrogens is 3. The van der Waals surface area contributed by atoms with E-state index >= 15 is 0 Å². The third kappa shape index (κ3) is 2.87. The monoisotopic (exact) mass is 313 g/mol. The van der Waals surface area contributed by atoms with Gasteiger partial charge in [-0.15, -0.1) is 10.2 Å². The van der Waals surface area contributed by atoms with Crippen LogP contribution in [0, 0.1) is 12.7 Å². The Kier molecular flexibility index (Phi) is 3.96. The number of aryl methyl sites for hydroxylation is 1. The minimum atomic E-state index is -0.340. The van der Waals surface area contributed by atoms with Crippen molar-refractivity contribution < 1.29 is 9.13 Å². The minimum absolute atomic E-state index is 0.268. The van der Waals surface area contributed by atoms with Gasteiger partial charge in [-0.2, -0.15) is 0 Å². The highest BCUT2D eigenvalue weighted by Crippen LogP contribution is 2.21. The fraction of sp³-hybridized carbons (Fsp3) is 0.333. The first-order valence-corrected chi connectivity index (χ1v) is 6.37. The highest BCUT2D eigenvalue weighted by molar-refractivity contribution is 9.10. The van der Waals surface area contributed by atoms with Gasteiger partial charge in [0, 0.05) is 17.1 Å². The van der Waals surface area contributed by atoms with Gasteiger partial charge in [-0.1, -0.05) is 15.9 Å². The van der Waals surface area contributed by atoms with Gasteiger partial charge in [-0.05, 0) is 26.0 Å². The Hall–Kier alpha value is -1.43. The Balaban J connectivity index is 2.11. The Morgan fingerprint density at radius 1 is 1.33 bits per heavy atom. The molecule has 0 saturated heterocycles. The SMILES string of the molecule is CCn1c(C)nnc1COc1cc(F)cc(Br)c1. The quantitative estimate of drug-likeness (QED) is 0.871. The maximum atomic E-state index is 13.2. The molecule has 0 atom stereocenters. The minimum Gasteiger partial charge on any atom is -0.485 e. The number of hydrogen-bond acceptors (Lipinski definition) is 3. The average molecular weight is 314 g/mol. The maximum absolute atomic E-state index is 13.2. The number of ether oxygens (including phenoxy) is 1. The molecule has 0 spiro atoms.